The molecular formula is C14H28N4O2. The van der Waals surface area contributed by atoms with Crippen LogP contribution in [0.1, 0.15) is 27.7 Å². The van der Waals surface area contributed by atoms with Crippen LogP contribution in [-0.2, 0) is 9.59 Å². The topological polar surface area (TPSA) is 64.7 Å². The van der Waals surface area contributed by atoms with Crippen LogP contribution >= 0.6 is 0 Å². The minimum Gasteiger partial charge on any atom is -0.343 e. The summed E-state index contributed by atoms with van der Waals surface area (Å²) in [4.78, 5) is 28.2. The Labute approximate surface area is 121 Å². The number of piperazine rings is 1. The highest BCUT2D eigenvalue weighted by Gasteiger charge is 2.26. The Morgan fingerprint density at radius 2 is 1.75 bits per heavy atom. The third kappa shape index (κ3) is 4.45. The minimum atomic E-state index is -0.465. The van der Waals surface area contributed by atoms with Crippen LogP contribution in [-0.4, -0.2) is 73.0 Å². The number of rotatable bonds is 6. The van der Waals surface area contributed by atoms with Crippen LogP contribution in [0, 0.1) is 0 Å². The zero-order chi connectivity index (χ0) is 15.1. The first-order valence-electron chi connectivity index (χ1n) is 7.55. The van der Waals surface area contributed by atoms with Crippen molar-refractivity contribution in [3.05, 3.63) is 0 Å². The van der Waals surface area contributed by atoms with E-state index in [2.05, 4.69) is 15.5 Å². The smallest absolute Gasteiger partial charge is 0.244 e. The summed E-state index contributed by atoms with van der Waals surface area (Å²) < 4.78 is 0. The molecule has 116 valence electrons. The quantitative estimate of drug-likeness (QED) is 0.700. The molecule has 6 nitrogen and oxygen atoms in total. The molecule has 2 amide bonds. The second-order valence-corrected chi connectivity index (χ2v) is 5.20. The van der Waals surface area contributed by atoms with Crippen molar-refractivity contribution in [1.29, 1.82) is 0 Å². The van der Waals surface area contributed by atoms with Gasteiger partial charge in [0.2, 0.25) is 11.8 Å². The summed E-state index contributed by atoms with van der Waals surface area (Å²) in [6, 6.07) is -0.656. The van der Waals surface area contributed by atoms with Gasteiger partial charge in [0.1, 0.15) is 6.04 Å². The number of carbonyl (C=O) groups is 2. The largest absolute Gasteiger partial charge is 0.343 e. The maximum Gasteiger partial charge on any atom is 0.244 e. The summed E-state index contributed by atoms with van der Waals surface area (Å²) in [6.07, 6.45) is 0. The molecule has 0 bridgehead atoms. The van der Waals surface area contributed by atoms with E-state index in [0.717, 1.165) is 26.2 Å². The van der Waals surface area contributed by atoms with Gasteiger partial charge in [0.15, 0.2) is 0 Å². The lowest BCUT2D eigenvalue weighted by Gasteiger charge is -2.32. The predicted octanol–water partition coefficient (Wildman–Crippen LogP) is -0.347. The van der Waals surface area contributed by atoms with Crippen LogP contribution in [0.2, 0.25) is 0 Å². The van der Waals surface area contributed by atoms with E-state index in [1.54, 1.807) is 11.8 Å². The Morgan fingerprint density at radius 3 is 2.25 bits per heavy atom. The number of hydrogen-bond acceptors (Lipinski definition) is 4. The molecule has 0 aromatic rings. The van der Waals surface area contributed by atoms with Crippen LogP contribution in [0.4, 0.5) is 0 Å². The zero-order valence-corrected chi connectivity index (χ0v) is 13.1. The fourth-order valence-corrected chi connectivity index (χ4v) is 2.44. The molecule has 1 rings (SSSR count). The van der Waals surface area contributed by atoms with E-state index in [-0.39, 0.29) is 17.9 Å². The fraction of sp³-hybridized carbons (Fsp3) is 0.857. The van der Waals surface area contributed by atoms with Gasteiger partial charge in [-0.3, -0.25) is 14.5 Å². The highest BCUT2D eigenvalue weighted by molar-refractivity contribution is 5.89. The monoisotopic (exact) mass is 284 g/mol. The molecule has 1 aliphatic heterocycles. The van der Waals surface area contributed by atoms with Crippen LogP contribution in [0.5, 0.6) is 0 Å². The Kier molecular flexibility index (Phi) is 6.95. The maximum absolute atomic E-state index is 12.2. The number of likely N-dealkylation sites (N-methyl/N-ethyl adjacent to an activating group) is 1. The molecule has 2 unspecified atom stereocenters. The normalized spacial score (nSPS) is 19.2. The van der Waals surface area contributed by atoms with Gasteiger partial charge in [-0.1, -0.05) is 0 Å². The van der Waals surface area contributed by atoms with Gasteiger partial charge in [-0.2, -0.15) is 0 Å². The molecule has 0 aromatic carbocycles. The van der Waals surface area contributed by atoms with E-state index < -0.39 is 6.04 Å². The van der Waals surface area contributed by atoms with Crippen molar-refractivity contribution in [2.45, 2.75) is 39.8 Å². The molecule has 20 heavy (non-hydrogen) atoms. The van der Waals surface area contributed by atoms with Gasteiger partial charge in [-0.05, 0) is 27.7 Å². The van der Waals surface area contributed by atoms with Crippen molar-refractivity contribution >= 4 is 11.8 Å². The Bertz CT molecular complexity index is 325. The Morgan fingerprint density at radius 1 is 1.20 bits per heavy atom. The Balaban J connectivity index is 2.49. The summed E-state index contributed by atoms with van der Waals surface area (Å²) in [5, 5.41) is 6.10. The third-order valence-corrected chi connectivity index (χ3v) is 3.88. The lowest BCUT2D eigenvalue weighted by atomic mass is 10.2. The lowest BCUT2D eigenvalue weighted by molar-refractivity contribution is -0.137. The van der Waals surface area contributed by atoms with E-state index >= 15 is 0 Å². The first-order valence-corrected chi connectivity index (χ1v) is 7.55. The average Bonchev–Trinajstić information content (AvgIpc) is 2.48. The van der Waals surface area contributed by atoms with Gasteiger partial charge < -0.3 is 15.5 Å². The average molecular weight is 284 g/mol. The molecule has 0 radical (unpaired) electrons. The molecule has 2 atom stereocenters. The molecule has 6 heteroatoms. The van der Waals surface area contributed by atoms with Crippen LogP contribution < -0.4 is 10.6 Å². The van der Waals surface area contributed by atoms with Crippen molar-refractivity contribution in [3.8, 4) is 0 Å². The Hall–Kier alpha value is -1.14. The maximum atomic E-state index is 12.2. The molecule has 1 aliphatic rings. The lowest BCUT2D eigenvalue weighted by Crippen LogP contribution is -2.55. The molecule has 0 spiro atoms. The molecule has 0 aliphatic carbocycles. The number of amides is 2. The molecule has 2 N–H and O–H groups in total. The van der Waals surface area contributed by atoms with Gasteiger partial charge in [-0.25, -0.2) is 0 Å². The molecule has 1 heterocycles. The summed E-state index contributed by atoms with van der Waals surface area (Å²) >= 11 is 0. The molecule has 1 saturated heterocycles. The molecule has 0 aromatic heterocycles. The number of nitrogens with zero attached hydrogens (tertiary/aromatic N) is 2. The standard InChI is InChI=1S/C14H28N4O2/c1-5-17(6-2)14(20)11(3)16-13(19)12(4)18-9-7-15-8-10-18/h11-12,15H,5-10H2,1-4H3,(H,16,19). The van der Waals surface area contributed by atoms with Crippen molar-refractivity contribution in [3.63, 3.8) is 0 Å². The first kappa shape index (κ1) is 16.9. The molecule has 0 saturated carbocycles. The van der Waals surface area contributed by atoms with E-state index in [1.807, 2.05) is 20.8 Å². The van der Waals surface area contributed by atoms with Crippen LogP contribution in [0.15, 0.2) is 0 Å². The fourth-order valence-electron chi connectivity index (χ4n) is 2.44. The summed E-state index contributed by atoms with van der Waals surface area (Å²) in [5.74, 6) is -0.0873. The number of nitrogens with one attached hydrogen (secondary N) is 2. The van der Waals surface area contributed by atoms with E-state index in [4.69, 9.17) is 0 Å². The van der Waals surface area contributed by atoms with E-state index in [9.17, 15) is 9.59 Å². The molecule has 1 fully saturated rings. The van der Waals surface area contributed by atoms with Crippen molar-refractivity contribution in [2.24, 2.45) is 0 Å². The zero-order valence-electron chi connectivity index (χ0n) is 13.1. The van der Waals surface area contributed by atoms with Gasteiger partial charge >= 0.3 is 0 Å². The SMILES string of the molecule is CCN(CC)C(=O)C(C)NC(=O)C(C)N1CCNCC1. The second-order valence-electron chi connectivity index (χ2n) is 5.20. The summed E-state index contributed by atoms with van der Waals surface area (Å²) in [7, 11) is 0. The van der Waals surface area contributed by atoms with Crippen molar-refractivity contribution in [2.75, 3.05) is 39.3 Å². The van der Waals surface area contributed by atoms with E-state index in [1.165, 1.54) is 0 Å². The van der Waals surface area contributed by atoms with Gasteiger partial charge in [0.25, 0.3) is 0 Å². The highest BCUT2D eigenvalue weighted by atomic mass is 16.2. The van der Waals surface area contributed by atoms with Crippen molar-refractivity contribution in [1.82, 2.24) is 20.4 Å². The number of carbonyl (C=O) groups excluding carboxylic acids is 2. The molecular weight excluding hydrogens is 256 g/mol. The van der Waals surface area contributed by atoms with Crippen LogP contribution in [0.3, 0.4) is 0 Å². The predicted molar refractivity (Wildman–Crippen MR) is 79.4 cm³/mol. The van der Waals surface area contributed by atoms with Crippen LogP contribution in [0.25, 0.3) is 0 Å². The third-order valence-electron chi connectivity index (χ3n) is 3.88. The summed E-state index contributed by atoms with van der Waals surface area (Å²) in [6.45, 7) is 12.4. The second kappa shape index (κ2) is 8.21. The minimum absolute atomic E-state index is 0.0177. The van der Waals surface area contributed by atoms with Gasteiger partial charge in [0, 0.05) is 39.3 Å². The van der Waals surface area contributed by atoms with E-state index in [0.29, 0.717) is 13.1 Å². The highest BCUT2D eigenvalue weighted by Crippen LogP contribution is 2.02. The van der Waals surface area contributed by atoms with Crippen molar-refractivity contribution < 1.29 is 9.59 Å². The van der Waals surface area contributed by atoms with Gasteiger partial charge in [0.05, 0.1) is 6.04 Å². The van der Waals surface area contributed by atoms with Gasteiger partial charge in [-0.15, -0.1) is 0 Å². The number of hydrogen-bond donors (Lipinski definition) is 2. The summed E-state index contributed by atoms with van der Waals surface area (Å²) in [5.41, 5.74) is 0. The first-order chi connectivity index (χ1) is 9.51.